The third-order valence-corrected chi connectivity index (χ3v) is 4.47. The fourth-order valence-corrected chi connectivity index (χ4v) is 2.71. The number of halogens is 2. The van der Waals surface area contributed by atoms with Gasteiger partial charge in [-0.3, -0.25) is 0 Å². The number of benzene rings is 2. The molecular formula is C17H20Cl2N2. The molecule has 0 aliphatic rings. The highest BCUT2D eigenvalue weighted by Crippen LogP contribution is 2.29. The van der Waals surface area contributed by atoms with E-state index in [-0.39, 0.29) is 6.04 Å². The number of rotatable bonds is 5. The van der Waals surface area contributed by atoms with E-state index in [1.165, 1.54) is 11.3 Å². The highest BCUT2D eigenvalue weighted by molar-refractivity contribution is 6.42. The minimum absolute atomic E-state index is 0.206. The summed E-state index contributed by atoms with van der Waals surface area (Å²) in [4.78, 5) is 2.09. The van der Waals surface area contributed by atoms with Crippen LogP contribution in [0.1, 0.15) is 17.2 Å². The van der Waals surface area contributed by atoms with Crippen molar-refractivity contribution in [2.45, 2.75) is 12.5 Å². The summed E-state index contributed by atoms with van der Waals surface area (Å²) in [7, 11) is 6.04. The van der Waals surface area contributed by atoms with E-state index in [4.69, 9.17) is 23.2 Å². The quantitative estimate of drug-likeness (QED) is 0.867. The lowest BCUT2D eigenvalue weighted by molar-refractivity contribution is 0.592. The van der Waals surface area contributed by atoms with Gasteiger partial charge in [0.1, 0.15) is 0 Å². The highest BCUT2D eigenvalue weighted by atomic mass is 35.5. The lowest BCUT2D eigenvalue weighted by atomic mass is 9.98. The van der Waals surface area contributed by atoms with Gasteiger partial charge in [0.2, 0.25) is 0 Å². The van der Waals surface area contributed by atoms with Gasteiger partial charge in [-0.1, -0.05) is 47.5 Å². The normalized spacial score (nSPS) is 12.2. The van der Waals surface area contributed by atoms with E-state index in [9.17, 15) is 0 Å². The Bertz CT molecular complexity index is 594. The molecule has 1 unspecified atom stereocenters. The Morgan fingerprint density at radius 2 is 1.71 bits per heavy atom. The maximum Gasteiger partial charge on any atom is 0.0624 e. The van der Waals surface area contributed by atoms with Crippen molar-refractivity contribution in [1.82, 2.24) is 5.32 Å². The van der Waals surface area contributed by atoms with Crippen molar-refractivity contribution >= 4 is 28.9 Å². The van der Waals surface area contributed by atoms with E-state index in [0.29, 0.717) is 10.0 Å². The maximum absolute atomic E-state index is 6.28. The number of hydrogen-bond donors (Lipinski definition) is 1. The first-order chi connectivity index (χ1) is 10.0. The highest BCUT2D eigenvalue weighted by Gasteiger charge is 2.13. The third-order valence-electron chi connectivity index (χ3n) is 3.62. The summed E-state index contributed by atoms with van der Waals surface area (Å²) in [6.45, 7) is 0. The summed E-state index contributed by atoms with van der Waals surface area (Å²) in [5, 5.41) is 4.59. The average molecular weight is 323 g/mol. The monoisotopic (exact) mass is 322 g/mol. The van der Waals surface area contributed by atoms with Crippen molar-refractivity contribution in [3.8, 4) is 0 Å². The predicted molar refractivity (Wildman–Crippen MR) is 92.7 cm³/mol. The molecule has 2 aromatic rings. The maximum atomic E-state index is 6.28. The van der Waals surface area contributed by atoms with E-state index in [1.807, 2.05) is 39.3 Å². The second-order valence-electron chi connectivity index (χ2n) is 5.24. The predicted octanol–water partition coefficient (Wildman–Crippen LogP) is 4.56. The van der Waals surface area contributed by atoms with Crippen LogP contribution >= 0.6 is 23.2 Å². The van der Waals surface area contributed by atoms with Gasteiger partial charge < -0.3 is 10.2 Å². The molecule has 0 aliphatic carbocycles. The van der Waals surface area contributed by atoms with Crippen LogP contribution in [0.3, 0.4) is 0 Å². The van der Waals surface area contributed by atoms with Gasteiger partial charge in [-0.25, -0.2) is 0 Å². The Morgan fingerprint density at radius 3 is 2.29 bits per heavy atom. The molecule has 0 aromatic heterocycles. The summed E-state index contributed by atoms with van der Waals surface area (Å²) < 4.78 is 0. The van der Waals surface area contributed by atoms with E-state index in [0.717, 1.165) is 12.0 Å². The molecular weight excluding hydrogens is 303 g/mol. The molecule has 0 heterocycles. The third kappa shape index (κ3) is 3.91. The van der Waals surface area contributed by atoms with Crippen LogP contribution in [-0.4, -0.2) is 21.1 Å². The van der Waals surface area contributed by atoms with Crippen molar-refractivity contribution in [2.75, 3.05) is 26.0 Å². The Balaban J connectivity index is 2.21. The molecule has 0 radical (unpaired) electrons. The second kappa shape index (κ2) is 7.17. The molecule has 0 saturated heterocycles. The molecule has 0 bridgehead atoms. The molecule has 4 heteroatoms. The second-order valence-corrected chi connectivity index (χ2v) is 6.03. The fourth-order valence-electron chi connectivity index (χ4n) is 2.32. The number of likely N-dealkylation sites (N-methyl/N-ethyl adjacent to an activating group) is 1. The van der Waals surface area contributed by atoms with Gasteiger partial charge in [0, 0.05) is 25.8 Å². The number of hydrogen-bond acceptors (Lipinski definition) is 2. The van der Waals surface area contributed by atoms with Gasteiger partial charge in [-0.15, -0.1) is 0 Å². The van der Waals surface area contributed by atoms with Gasteiger partial charge >= 0.3 is 0 Å². The van der Waals surface area contributed by atoms with E-state index < -0.39 is 0 Å². The Morgan fingerprint density at radius 1 is 1.05 bits per heavy atom. The molecule has 2 nitrogen and oxygen atoms in total. The van der Waals surface area contributed by atoms with Gasteiger partial charge in [0.15, 0.2) is 0 Å². The molecule has 0 fully saturated rings. The van der Waals surface area contributed by atoms with Crippen LogP contribution in [0.5, 0.6) is 0 Å². The molecule has 21 heavy (non-hydrogen) atoms. The minimum Gasteiger partial charge on any atom is -0.378 e. The van der Waals surface area contributed by atoms with E-state index in [1.54, 1.807) is 0 Å². The molecule has 2 aromatic carbocycles. The number of nitrogens with one attached hydrogen (secondary N) is 1. The zero-order chi connectivity index (χ0) is 15.4. The number of anilines is 1. The van der Waals surface area contributed by atoms with Gasteiger partial charge in [-0.2, -0.15) is 0 Å². The molecule has 0 saturated carbocycles. The Labute approximate surface area is 136 Å². The zero-order valence-electron chi connectivity index (χ0n) is 12.5. The summed E-state index contributed by atoms with van der Waals surface area (Å²) in [5.74, 6) is 0. The average Bonchev–Trinajstić information content (AvgIpc) is 2.49. The van der Waals surface area contributed by atoms with Crippen LogP contribution in [0.2, 0.25) is 10.0 Å². The van der Waals surface area contributed by atoms with Crippen molar-refractivity contribution in [3.63, 3.8) is 0 Å². The van der Waals surface area contributed by atoms with Crippen LogP contribution < -0.4 is 10.2 Å². The Kier molecular flexibility index (Phi) is 5.51. The first-order valence-electron chi connectivity index (χ1n) is 6.90. The Hall–Kier alpha value is -1.22. The van der Waals surface area contributed by atoms with E-state index in [2.05, 4.69) is 34.5 Å². The molecule has 1 N–H and O–H groups in total. The molecule has 0 aliphatic heterocycles. The van der Waals surface area contributed by atoms with Crippen molar-refractivity contribution in [2.24, 2.45) is 0 Å². The molecule has 1 atom stereocenters. The van der Waals surface area contributed by atoms with Gasteiger partial charge in [0.05, 0.1) is 10.0 Å². The SMILES string of the molecule is CNC(Cc1cccc(Cl)c1Cl)c1ccc(N(C)C)cc1. The fraction of sp³-hybridized carbons (Fsp3) is 0.294. The van der Waals surface area contributed by atoms with Gasteiger partial charge in [-0.05, 0) is 42.8 Å². The van der Waals surface area contributed by atoms with Crippen LogP contribution in [0.4, 0.5) is 5.69 Å². The van der Waals surface area contributed by atoms with Crippen molar-refractivity contribution in [1.29, 1.82) is 0 Å². The minimum atomic E-state index is 0.206. The van der Waals surface area contributed by atoms with Crippen LogP contribution in [0.25, 0.3) is 0 Å². The zero-order valence-corrected chi connectivity index (χ0v) is 14.0. The summed E-state index contributed by atoms with van der Waals surface area (Å²) in [6.07, 6.45) is 0.803. The van der Waals surface area contributed by atoms with E-state index >= 15 is 0 Å². The largest absolute Gasteiger partial charge is 0.378 e. The summed E-state index contributed by atoms with van der Waals surface area (Å²) in [5.41, 5.74) is 3.48. The number of nitrogens with zero attached hydrogens (tertiary/aromatic N) is 1. The first-order valence-corrected chi connectivity index (χ1v) is 7.66. The van der Waals surface area contributed by atoms with Crippen LogP contribution in [0, 0.1) is 0 Å². The molecule has 2 rings (SSSR count). The summed E-state index contributed by atoms with van der Waals surface area (Å²) in [6, 6.07) is 14.5. The van der Waals surface area contributed by atoms with Crippen LogP contribution in [0.15, 0.2) is 42.5 Å². The topological polar surface area (TPSA) is 15.3 Å². The molecule has 0 spiro atoms. The van der Waals surface area contributed by atoms with Crippen molar-refractivity contribution < 1.29 is 0 Å². The first kappa shape index (κ1) is 16.2. The smallest absolute Gasteiger partial charge is 0.0624 e. The molecule has 112 valence electrons. The van der Waals surface area contributed by atoms with Gasteiger partial charge in [0.25, 0.3) is 0 Å². The molecule has 0 amide bonds. The lowest BCUT2D eigenvalue weighted by Gasteiger charge is -2.19. The summed E-state index contributed by atoms with van der Waals surface area (Å²) >= 11 is 12.4. The lowest BCUT2D eigenvalue weighted by Crippen LogP contribution is -2.19. The van der Waals surface area contributed by atoms with Crippen molar-refractivity contribution in [3.05, 3.63) is 63.6 Å². The van der Waals surface area contributed by atoms with Crippen LogP contribution in [-0.2, 0) is 6.42 Å². The standard InChI is InChI=1S/C17H20Cl2N2/c1-20-16(11-13-5-4-6-15(18)17(13)19)12-7-9-14(10-8-12)21(2)3/h4-10,16,20H,11H2,1-3H3.